The number of nitrogens with one attached hydrogen (secondary N) is 2. The molecule has 2 aromatic rings. The van der Waals surface area contributed by atoms with Gasteiger partial charge in [-0.15, -0.1) is 0 Å². The number of fused-ring (bicyclic) bond motifs is 4. The molecule has 8 heteroatoms. The molecule has 0 saturated carbocycles. The van der Waals surface area contributed by atoms with E-state index < -0.39 is 0 Å². The van der Waals surface area contributed by atoms with Crippen LogP contribution in [0.1, 0.15) is 37.8 Å². The van der Waals surface area contributed by atoms with Gasteiger partial charge in [0, 0.05) is 69.1 Å². The Kier molecular flexibility index (Phi) is 5.93. The first-order valence-corrected chi connectivity index (χ1v) is 11.8. The first-order valence-electron chi connectivity index (χ1n) is 11.8. The molecule has 1 aromatic heterocycles. The van der Waals surface area contributed by atoms with Crippen molar-refractivity contribution in [1.29, 1.82) is 0 Å². The van der Waals surface area contributed by atoms with Crippen LogP contribution in [-0.2, 0) is 11.3 Å². The molecule has 0 aliphatic carbocycles. The van der Waals surface area contributed by atoms with Crippen LogP contribution in [0.15, 0.2) is 47.3 Å². The van der Waals surface area contributed by atoms with Gasteiger partial charge in [0.2, 0.25) is 5.91 Å². The molecule has 2 saturated heterocycles. The maximum atomic E-state index is 12.7. The monoisotopic (exact) mass is 449 g/mol. The summed E-state index contributed by atoms with van der Waals surface area (Å²) in [5.74, 6) is 0.777. The zero-order valence-electron chi connectivity index (χ0n) is 19.0. The Morgan fingerprint density at radius 2 is 1.70 bits per heavy atom. The van der Waals surface area contributed by atoms with E-state index in [4.69, 9.17) is 0 Å². The van der Waals surface area contributed by atoms with Gasteiger partial charge >= 0.3 is 6.03 Å². The van der Waals surface area contributed by atoms with Crippen LogP contribution in [0.5, 0.6) is 0 Å². The third-order valence-electron chi connectivity index (χ3n) is 7.32. The summed E-state index contributed by atoms with van der Waals surface area (Å²) in [4.78, 5) is 41.5. The van der Waals surface area contributed by atoms with Gasteiger partial charge in [-0.25, -0.2) is 4.79 Å². The average Bonchev–Trinajstić information content (AvgIpc) is 2.81. The van der Waals surface area contributed by atoms with Crippen LogP contribution in [0, 0.1) is 5.92 Å². The van der Waals surface area contributed by atoms with E-state index in [1.165, 1.54) is 0 Å². The maximum Gasteiger partial charge on any atom is 0.323 e. The fourth-order valence-electron chi connectivity index (χ4n) is 5.81. The molecule has 2 N–H and O–H groups in total. The Bertz CT molecular complexity index is 1090. The molecular formula is C25H31N5O3. The number of amides is 3. The summed E-state index contributed by atoms with van der Waals surface area (Å²) in [6, 6.07) is 12.8. The molecule has 5 rings (SSSR count). The lowest BCUT2D eigenvalue weighted by Gasteiger charge is -2.47. The minimum Gasteiger partial charge on any atom is -0.343 e. The smallest absolute Gasteiger partial charge is 0.323 e. The van der Waals surface area contributed by atoms with Crippen LogP contribution in [-0.4, -0.2) is 58.5 Å². The standard InChI is InChI=1S/C25H31N5O3/c1-17(31)28-11-9-21(10-12-28)29-14-18-13-19(16-29)24-22(7-8-23(32)30(24)15-18)27-25(33)26-20-5-3-2-4-6-20/h2-8,18-19,21H,9-16H2,1H3,(H2,26,27,33). The lowest BCUT2D eigenvalue weighted by molar-refractivity contribution is -0.130. The number of hydrogen-bond donors (Lipinski definition) is 2. The van der Waals surface area contributed by atoms with Crippen LogP contribution in [0.3, 0.4) is 0 Å². The van der Waals surface area contributed by atoms with Crippen molar-refractivity contribution in [1.82, 2.24) is 14.4 Å². The summed E-state index contributed by atoms with van der Waals surface area (Å²) in [5, 5.41) is 5.85. The van der Waals surface area contributed by atoms with Gasteiger partial charge in [-0.1, -0.05) is 18.2 Å². The van der Waals surface area contributed by atoms with Crippen LogP contribution < -0.4 is 16.2 Å². The molecule has 2 unspecified atom stereocenters. The second-order valence-corrected chi connectivity index (χ2v) is 9.52. The van der Waals surface area contributed by atoms with E-state index in [0.717, 1.165) is 56.8 Å². The van der Waals surface area contributed by atoms with E-state index >= 15 is 0 Å². The van der Waals surface area contributed by atoms with Crippen LogP contribution in [0.2, 0.25) is 0 Å². The Balaban J connectivity index is 1.34. The number of rotatable bonds is 3. The number of aromatic nitrogens is 1. The molecule has 3 aliphatic rings. The molecule has 3 amide bonds. The highest BCUT2D eigenvalue weighted by atomic mass is 16.2. The lowest BCUT2D eigenvalue weighted by Crippen LogP contribution is -2.53. The first kappa shape index (κ1) is 21.7. The topological polar surface area (TPSA) is 86.7 Å². The molecule has 0 radical (unpaired) electrons. The van der Waals surface area contributed by atoms with Gasteiger partial charge in [0.1, 0.15) is 0 Å². The fraction of sp³-hybridized carbons (Fsp3) is 0.480. The second kappa shape index (κ2) is 9.02. The van der Waals surface area contributed by atoms with Gasteiger partial charge in [-0.05, 0) is 43.4 Å². The number of nitrogens with zero attached hydrogens (tertiary/aromatic N) is 3. The SMILES string of the molecule is CC(=O)N1CCC(N2CC3CC(C2)c2c(NC(=O)Nc4ccccc4)ccc(=O)n2C3)CC1. The number of urea groups is 1. The van der Waals surface area contributed by atoms with Crippen molar-refractivity contribution in [2.24, 2.45) is 5.92 Å². The Morgan fingerprint density at radius 1 is 0.939 bits per heavy atom. The number of benzene rings is 1. The highest BCUT2D eigenvalue weighted by Gasteiger charge is 2.39. The molecule has 2 bridgehead atoms. The van der Waals surface area contributed by atoms with Gasteiger partial charge in [-0.2, -0.15) is 0 Å². The zero-order valence-corrected chi connectivity index (χ0v) is 19.0. The number of piperidine rings is 2. The van der Waals surface area contributed by atoms with Gasteiger partial charge in [0.25, 0.3) is 5.56 Å². The minimum absolute atomic E-state index is 0.00284. The normalized spacial score (nSPS) is 23.0. The summed E-state index contributed by atoms with van der Waals surface area (Å²) in [5.41, 5.74) is 2.36. The van der Waals surface area contributed by atoms with Gasteiger partial charge in [-0.3, -0.25) is 14.5 Å². The number of pyridine rings is 1. The number of para-hydroxylation sites is 1. The summed E-state index contributed by atoms with van der Waals surface area (Å²) >= 11 is 0. The van der Waals surface area contributed by atoms with Crippen molar-refractivity contribution in [2.75, 3.05) is 36.8 Å². The minimum atomic E-state index is -0.311. The molecule has 8 nitrogen and oxygen atoms in total. The Hall–Kier alpha value is -3.13. The second-order valence-electron chi connectivity index (χ2n) is 9.52. The van der Waals surface area contributed by atoms with E-state index in [1.54, 1.807) is 19.1 Å². The van der Waals surface area contributed by atoms with Crippen LogP contribution >= 0.6 is 0 Å². The predicted molar refractivity (Wildman–Crippen MR) is 127 cm³/mol. The Labute approximate surface area is 193 Å². The molecule has 3 aliphatic heterocycles. The van der Waals surface area contributed by atoms with Crippen molar-refractivity contribution in [2.45, 2.75) is 44.7 Å². The molecule has 33 heavy (non-hydrogen) atoms. The van der Waals surface area contributed by atoms with Gasteiger partial charge in [0.05, 0.1) is 5.69 Å². The largest absolute Gasteiger partial charge is 0.343 e. The molecule has 4 heterocycles. The van der Waals surface area contributed by atoms with E-state index in [2.05, 4.69) is 15.5 Å². The predicted octanol–water partition coefficient (Wildman–Crippen LogP) is 2.92. The number of carbonyl (C=O) groups is 2. The quantitative estimate of drug-likeness (QED) is 0.754. The van der Waals surface area contributed by atoms with Crippen LogP contribution in [0.4, 0.5) is 16.2 Å². The highest BCUT2D eigenvalue weighted by Crippen LogP contribution is 2.40. The number of carbonyl (C=O) groups excluding carboxylic acids is 2. The highest BCUT2D eigenvalue weighted by molar-refractivity contribution is 6.00. The summed E-state index contributed by atoms with van der Waals surface area (Å²) in [7, 11) is 0. The van der Waals surface area contributed by atoms with Crippen LogP contribution in [0.25, 0.3) is 0 Å². The van der Waals surface area contributed by atoms with Crippen molar-refractivity contribution >= 4 is 23.3 Å². The van der Waals surface area contributed by atoms with E-state index in [0.29, 0.717) is 24.2 Å². The van der Waals surface area contributed by atoms with Crippen molar-refractivity contribution in [3.8, 4) is 0 Å². The Morgan fingerprint density at radius 3 is 2.42 bits per heavy atom. The molecule has 174 valence electrons. The van der Waals surface area contributed by atoms with Crippen molar-refractivity contribution < 1.29 is 9.59 Å². The molecule has 2 atom stereocenters. The van der Waals surface area contributed by atoms with Gasteiger partial charge in [0.15, 0.2) is 0 Å². The molecule has 1 aromatic carbocycles. The fourth-order valence-corrected chi connectivity index (χ4v) is 5.81. The average molecular weight is 450 g/mol. The summed E-state index contributed by atoms with van der Waals surface area (Å²) in [6.07, 6.45) is 3.01. The number of hydrogen-bond acceptors (Lipinski definition) is 4. The van der Waals surface area contributed by atoms with Crippen molar-refractivity contribution in [3.63, 3.8) is 0 Å². The first-order chi connectivity index (χ1) is 16.0. The van der Waals surface area contributed by atoms with Crippen molar-refractivity contribution in [3.05, 3.63) is 58.5 Å². The van der Waals surface area contributed by atoms with E-state index in [1.807, 2.05) is 39.8 Å². The third kappa shape index (κ3) is 4.53. The molecule has 0 spiro atoms. The lowest BCUT2D eigenvalue weighted by atomic mass is 9.81. The number of anilines is 2. The van der Waals surface area contributed by atoms with Gasteiger partial charge < -0.3 is 20.1 Å². The molecule has 2 fully saturated rings. The van der Waals surface area contributed by atoms with E-state index in [9.17, 15) is 14.4 Å². The third-order valence-corrected chi connectivity index (χ3v) is 7.32. The number of likely N-dealkylation sites (tertiary alicyclic amines) is 2. The summed E-state index contributed by atoms with van der Waals surface area (Å²) in [6.45, 7) is 5.81. The molecular weight excluding hydrogens is 418 g/mol. The maximum absolute atomic E-state index is 12.7. The van der Waals surface area contributed by atoms with E-state index in [-0.39, 0.29) is 23.4 Å². The zero-order chi connectivity index (χ0) is 22.9. The summed E-state index contributed by atoms with van der Waals surface area (Å²) < 4.78 is 1.87.